The Bertz CT molecular complexity index is 1870. The molecular weight excluding hydrogens is 601 g/mol. The van der Waals surface area contributed by atoms with Crippen LogP contribution in [-0.4, -0.2) is 59.4 Å². The minimum absolute atomic E-state index is 0.105. The Morgan fingerprint density at radius 2 is 1.41 bits per heavy atom. The van der Waals surface area contributed by atoms with Crippen LogP contribution >= 0.6 is 0 Å². The number of aliphatic imine (C=N–C) groups is 2. The molecule has 12 heteroatoms. The van der Waals surface area contributed by atoms with E-state index in [0.29, 0.717) is 78.2 Å². The minimum Gasteiger partial charge on any atom is -0.354 e. The summed E-state index contributed by atoms with van der Waals surface area (Å²) in [7, 11) is -9.17. The SMILES string of the molecule is CCCC1=CC2N=C1C=Cc1[nH]c(c(S(=O)(=O)O)c1CCC)-c1cc(CCC)c([nH]1)/C=C\C1=NC2C(S(=O)(=O)O)=C1CCC. The predicted octanol–water partition coefficient (Wildman–Crippen LogP) is 6.52. The van der Waals surface area contributed by atoms with Crippen molar-refractivity contribution in [1.29, 1.82) is 0 Å². The van der Waals surface area contributed by atoms with Gasteiger partial charge in [-0.2, -0.15) is 16.8 Å². The van der Waals surface area contributed by atoms with Crippen molar-refractivity contribution >= 4 is 43.8 Å². The van der Waals surface area contributed by atoms with Crippen LogP contribution in [0.4, 0.5) is 0 Å². The average Bonchev–Trinajstić information content (AvgIpc) is 3.70. The first-order valence-corrected chi connectivity index (χ1v) is 18.2. The van der Waals surface area contributed by atoms with Crippen molar-refractivity contribution in [1.82, 2.24) is 9.97 Å². The monoisotopic (exact) mass is 640 g/mol. The van der Waals surface area contributed by atoms with Crippen molar-refractivity contribution in [3.8, 4) is 11.4 Å². The van der Waals surface area contributed by atoms with Gasteiger partial charge in [-0.25, -0.2) is 0 Å². The number of hydrogen-bond acceptors (Lipinski definition) is 6. The molecule has 44 heavy (non-hydrogen) atoms. The van der Waals surface area contributed by atoms with Gasteiger partial charge in [0.25, 0.3) is 20.2 Å². The predicted molar refractivity (Wildman–Crippen MR) is 175 cm³/mol. The van der Waals surface area contributed by atoms with Gasteiger partial charge < -0.3 is 9.97 Å². The van der Waals surface area contributed by atoms with Gasteiger partial charge in [0.1, 0.15) is 15.8 Å². The summed E-state index contributed by atoms with van der Waals surface area (Å²) in [6.07, 6.45) is 14.2. The largest absolute Gasteiger partial charge is 0.354 e. The second-order valence-corrected chi connectivity index (χ2v) is 14.2. The van der Waals surface area contributed by atoms with Gasteiger partial charge in [0.2, 0.25) is 0 Å². The number of H-pyrrole nitrogens is 2. The Labute approximate surface area is 259 Å². The lowest BCUT2D eigenvalue weighted by atomic mass is 10.0. The van der Waals surface area contributed by atoms with Gasteiger partial charge in [0.15, 0.2) is 0 Å². The van der Waals surface area contributed by atoms with E-state index in [0.717, 1.165) is 24.0 Å². The smallest absolute Gasteiger partial charge is 0.297 e. The lowest BCUT2D eigenvalue weighted by Gasteiger charge is -2.15. The van der Waals surface area contributed by atoms with E-state index in [1.807, 2.05) is 45.9 Å². The van der Waals surface area contributed by atoms with Crippen molar-refractivity contribution in [2.75, 3.05) is 0 Å². The number of allylic oxidation sites excluding steroid dienone is 4. The Morgan fingerprint density at radius 3 is 2.05 bits per heavy atom. The van der Waals surface area contributed by atoms with Gasteiger partial charge in [-0.3, -0.25) is 19.1 Å². The van der Waals surface area contributed by atoms with Crippen molar-refractivity contribution < 1.29 is 25.9 Å². The minimum atomic E-state index is -4.59. The van der Waals surface area contributed by atoms with Crippen molar-refractivity contribution in [3.05, 3.63) is 62.9 Å². The van der Waals surface area contributed by atoms with Gasteiger partial charge in [0.05, 0.1) is 28.9 Å². The zero-order chi connectivity index (χ0) is 31.8. The van der Waals surface area contributed by atoms with Crippen LogP contribution in [0.1, 0.15) is 88.7 Å². The number of rotatable bonds is 10. The van der Waals surface area contributed by atoms with E-state index >= 15 is 0 Å². The molecule has 2 unspecified atom stereocenters. The summed E-state index contributed by atoms with van der Waals surface area (Å²) in [5.74, 6) is 0. The molecule has 8 bridgehead atoms. The fourth-order valence-corrected chi connectivity index (χ4v) is 8.35. The van der Waals surface area contributed by atoms with Crippen LogP contribution in [0.15, 0.2) is 55.2 Å². The second kappa shape index (κ2) is 12.6. The molecule has 0 aliphatic carbocycles. The second-order valence-electron chi connectivity index (χ2n) is 11.5. The summed E-state index contributed by atoms with van der Waals surface area (Å²) in [5, 5.41) is 0. The Balaban J connectivity index is 1.82. The third kappa shape index (κ3) is 6.13. The van der Waals surface area contributed by atoms with E-state index in [-0.39, 0.29) is 15.5 Å². The molecular formula is C32H40N4O6S2. The van der Waals surface area contributed by atoms with Crippen LogP contribution in [0.2, 0.25) is 0 Å². The summed E-state index contributed by atoms with van der Waals surface area (Å²) in [6.45, 7) is 7.96. The van der Waals surface area contributed by atoms with Crippen LogP contribution in [0.3, 0.4) is 0 Å². The molecule has 2 atom stereocenters. The first-order valence-electron chi connectivity index (χ1n) is 15.3. The molecule has 236 valence electrons. The van der Waals surface area contributed by atoms with E-state index in [2.05, 4.69) is 9.97 Å². The molecule has 0 fully saturated rings. The Morgan fingerprint density at radius 1 is 0.750 bits per heavy atom. The molecule has 3 aliphatic rings. The molecule has 4 N–H and O–H groups in total. The van der Waals surface area contributed by atoms with Crippen molar-refractivity contribution in [3.63, 3.8) is 0 Å². The molecule has 0 saturated carbocycles. The van der Waals surface area contributed by atoms with Gasteiger partial charge in [-0.15, -0.1) is 0 Å². The molecule has 5 rings (SSSR count). The zero-order valence-electron chi connectivity index (χ0n) is 25.5. The normalized spacial score (nSPS) is 20.6. The lowest BCUT2D eigenvalue weighted by Crippen LogP contribution is -2.25. The van der Waals surface area contributed by atoms with E-state index in [4.69, 9.17) is 9.98 Å². The number of aromatic nitrogens is 2. The maximum atomic E-state index is 12.8. The van der Waals surface area contributed by atoms with E-state index in [9.17, 15) is 25.9 Å². The number of aromatic amines is 2. The molecule has 3 aliphatic heterocycles. The highest BCUT2D eigenvalue weighted by Crippen LogP contribution is 2.38. The number of nitrogens with zero attached hydrogens (tertiary/aromatic N) is 2. The molecule has 2 aromatic heterocycles. The van der Waals surface area contributed by atoms with E-state index in [1.54, 1.807) is 18.2 Å². The molecule has 2 aromatic rings. The molecule has 0 aromatic carbocycles. The Hall–Kier alpha value is -3.32. The quantitative estimate of drug-likeness (QED) is 0.216. The molecule has 0 spiro atoms. The van der Waals surface area contributed by atoms with E-state index < -0.39 is 32.3 Å². The number of fused-ring (bicyclic) bond motifs is 8. The number of nitrogens with one attached hydrogen (secondary N) is 2. The van der Waals surface area contributed by atoms with Gasteiger partial charge in [-0.1, -0.05) is 59.5 Å². The van der Waals surface area contributed by atoms with Crippen LogP contribution < -0.4 is 0 Å². The number of aryl methyl sites for hydroxylation is 1. The first-order chi connectivity index (χ1) is 20.9. The molecule has 0 amide bonds. The highest BCUT2D eigenvalue weighted by molar-refractivity contribution is 7.90. The van der Waals surface area contributed by atoms with Crippen LogP contribution in [-0.2, 0) is 33.1 Å². The summed E-state index contributed by atoms with van der Waals surface area (Å²) >= 11 is 0. The Kier molecular flexibility index (Phi) is 9.18. The standard InChI is InChI=1S/C32H40N4O6S2/c1-5-9-19-17-27-29-31(43(37,38)39)22(12-8-4)26(35-29)16-14-24-20(10-6-2)18-28(34-24)30-32(44(40,41)42)21(11-7-3)25(36-30)15-13-23(19)33-27/h13-18,27,29,34,36H,5-12H2,1-4H3,(H,37,38,39)(H,40,41,42)/b15-13?,16-14-. The summed E-state index contributed by atoms with van der Waals surface area (Å²) < 4.78 is 72.2. The van der Waals surface area contributed by atoms with Crippen LogP contribution in [0, 0.1) is 0 Å². The van der Waals surface area contributed by atoms with Crippen LogP contribution in [0.5, 0.6) is 0 Å². The molecule has 0 saturated heterocycles. The third-order valence-electron chi connectivity index (χ3n) is 8.15. The number of hydrogen-bond donors (Lipinski definition) is 4. The molecule has 10 nitrogen and oxygen atoms in total. The van der Waals surface area contributed by atoms with Gasteiger partial charge in [0, 0.05) is 11.4 Å². The van der Waals surface area contributed by atoms with Gasteiger partial charge >= 0.3 is 0 Å². The fourth-order valence-electron chi connectivity index (χ4n) is 6.39. The first kappa shape index (κ1) is 32.1. The maximum absolute atomic E-state index is 12.8. The lowest BCUT2D eigenvalue weighted by molar-refractivity contribution is 0.481. The summed E-state index contributed by atoms with van der Waals surface area (Å²) in [4.78, 5) is 16.1. The zero-order valence-corrected chi connectivity index (χ0v) is 27.1. The summed E-state index contributed by atoms with van der Waals surface area (Å²) in [5.41, 5.74) is 5.92. The highest BCUT2D eigenvalue weighted by atomic mass is 32.2. The average molecular weight is 641 g/mol. The van der Waals surface area contributed by atoms with Crippen LogP contribution in [0.25, 0.3) is 23.5 Å². The molecule has 0 radical (unpaired) electrons. The summed E-state index contributed by atoms with van der Waals surface area (Å²) in [6, 6.07) is 0.324. The van der Waals surface area contributed by atoms with E-state index in [1.165, 1.54) is 0 Å². The highest BCUT2D eigenvalue weighted by Gasteiger charge is 2.40. The topological polar surface area (TPSA) is 165 Å². The fraction of sp³-hybridized carbons (Fsp3) is 0.438. The van der Waals surface area contributed by atoms with Gasteiger partial charge in [-0.05, 0) is 78.3 Å². The van der Waals surface area contributed by atoms with Crippen molar-refractivity contribution in [2.24, 2.45) is 9.98 Å². The third-order valence-corrected chi connectivity index (χ3v) is 10.2. The maximum Gasteiger partial charge on any atom is 0.297 e. The van der Waals surface area contributed by atoms with Crippen molar-refractivity contribution in [2.45, 2.75) is 96.0 Å². The molecule has 5 heterocycles.